The number of halogens is 1. The molecule has 17 heavy (non-hydrogen) atoms. The first-order chi connectivity index (χ1) is 8.06. The van der Waals surface area contributed by atoms with E-state index in [2.05, 4.69) is 41.9 Å². The third-order valence-corrected chi connectivity index (χ3v) is 5.55. The number of nitrogens with two attached hydrogens (primary N) is 1. The first kappa shape index (κ1) is 11.7. The second-order valence-corrected chi connectivity index (χ2v) is 6.83. The molecule has 92 valence electrons. The largest absolute Gasteiger partial charge is 0.324 e. The van der Waals surface area contributed by atoms with Gasteiger partial charge in [-0.1, -0.05) is 22.0 Å². The first-order valence-electron chi connectivity index (χ1n) is 6.58. The summed E-state index contributed by atoms with van der Waals surface area (Å²) in [5, 5.41) is 0. The van der Waals surface area contributed by atoms with Gasteiger partial charge in [-0.2, -0.15) is 0 Å². The zero-order chi connectivity index (χ0) is 12.2. The predicted molar refractivity (Wildman–Crippen MR) is 74.9 cm³/mol. The van der Waals surface area contributed by atoms with Crippen LogP contribution >= 0.6 is 15.9 Å². The molecule has 3 rings (SSSR count). The third kappa shape index (κ3) is 2.06. The van der Waals surface area contributed by atoms with Crippen molar-refractivity contribution in [3.8, 4) is 0 Å². The summed E-state index contributed by atoms with van der Waals surface area (Å²) in [7, 11) is 0. The van der Waals surface area contributed by atoms with Gasteiger partial charge in [0, 0.05) is 10.5 Å². The van der Waals surface area contributed by atoms with Crippen molar-refractivity contribution in [3.63, 3.8) is 0 Å². The van der Waals surface area contributed by atoms with Crippen molar-refractivity contribution in [1.29, 1.82) is 0 Å². The number of hydrogen-bond acceptors (Lipinski definition) is 1. The predicted octanol–water partition coefficient (Wildman–Crippen LogP) is 4.11. The van der Waals surface area contributed by atoms with Crippen LogP contribution < -0.4 is 5.73 Å². The molecule has 2 saturated carbocycles. The first-order valence-corrected chi connectivity index (χ1v) is 7.37. The van der Waals surface area contributed by atoms with E-state index in [1.807, 2.05) is 0 Å². The second-order valence-electron chi connectivity index (χ2n) is 5.97. The SMILES string of the molecule is Cc1cc(C(N)C2CC3CC3C2)c(C)cc1Br. The van der Waals surface area contributed by atoms with E-state index >= 15 is 0 Å². The van der Waals surface area contributed by atoms with Crippen LogP contribution in [0.4, 0.5) is 0 Å². The summed E-state index contributed by atoms with van der Waals surface area (Å²) in [5.74, 6) is 2.75. The number of rotatable bonds is 2. The Morgan fingerprint density at radius 3 is 2.41 bits per heavy atom. The molecule has 2 aliphatic rings. The van der Waals surface area contributed by atoms with Crippen molar-refractivity contribution in [2.24, 2.45) is 23.5 Å². The van der Waals surface area contributed by atoms with Gasteiger partial charge in [-0.15, -0.1) is 0 Å². The lowest BCUT2D eigenvalue weighted by molar-refractivity contribution is 0.403. The standard InChI is InChI=1S/C15H20BrN/c1-8-4-14(16)9(2)3-13(8)15(17)12-6-10-5-11(10)7-12/h3-4,10-12,15H,5-7,17H2,1-2H3. The molecule has 0 bridgehead atoms. The minimum atomic E-state index is 0.245. The van der Waals surface area contributed by atoms with E-state index in [1.54, 1.807) is 0 Å². The van der Waals surface area contributed by atoms with Crippen LogP contribution in [0, 0.1) is 31.6 Å². The smallest absolute Gasteiger partial charge is 0.0326 e. The van der Waals surface area contributed by atoms with Crippen molar-refractivity contribution in [2.45, 2.75) is 39.2 Å². The lowest BCUT2D eigenvalue weighted by Crippen LogP contribution is -2.21. The van der Waals surface area contributed by atoms with Crippen LogP contribution in [0.25, 0.3) is 0 Å². The Morgan fingerprint density at radius 1 is 1.12 bits per heavy atom. The molecule has 0 aliphatic heterocycles. The van der Waals surface area contributed by atoms with Gasteiger partial charge in [0.2, 0.25) is 0 Å². The molecule has 3 unspecified atom stereocenters. The molecule has 0 radical (unpaired) electrons. The molecule has 1 nitrogen and oxygen atoms in total. The van der Waals surface area contributed by atoms with Crippen LogP contribution in [0.3, 0.4) is 0 Å². The zero-order valence-corrected chi connectivity index (χ0v) is 12.1. The second kappa shape index (κ2) is 4.10. The number of hydrogen-bond donors (Lipinski definition) is 1. The van der Waals surface area contributed by atoms with Crippen LogP contribution in [-0.4, -0.2) is 0 Å². The van der Waals surface area contributed by atoms with Crippen LogP contribution in [0.5, 0.6) is 0 Å². The fourth-order valence-electron chi connectivity index (χ4n) is 3.47. The van der Waals surface area contributed by atoms with Crippen LogP contribution in [0.1, 0.15) is 42.0 Å². The highest BCUT2D eigenvalue weighted by molar-refractivity contribution is 9.10. The minimum Gasteiger partial charge on any atom is -0.324 e. The molecule has 0 heterocycles. The summed E-state index contributed by atoms with van der Waals surface area (Å²) in [6, 6.07) is 4.73. The Morgan fingerprint density at radius 2 is 1.76 bits per heavy atom. The van der Waals surface area contributed by atoms with Gasteiger partial charge in [0.05, 0.1) is 0 Å². The van der Waals surface area contributed by atoms with Crippen LogP contribution in [0.2, 0.25) is 0 Å². The highest BCUT2D eigenvalue weighted by Crippen LogP contribution is 2.56. The Labute approximate surface area is 112 Å². The number of benzene rings is 1. The highest BCUT2D eigenvalue weighted by atomic mass is 79.9. The molecular weight excluding hydrogens is 274 g/mol. The lowest BCUT2D eigenvalue weighted by atomic mass is 9.87. The summed E-state index contributed by atoms with van der Waals surface area (Å²) in [6.07, 6.45) is 4.20. The summed E-state index contributed by atoms with van der Waals surface area (Å²) >= 11 is 3.59. The summed E-state index contributed by atoms with van der Waals surface area (Å²) in [4.78, 5) is 0. The maximum Gasteiger partial charge on any atom is 0.0326 e. The molecule has 1 aromatic carbocycles. The van der Waals surface area contributed by atoms with Gasteiger partial charge < -0.3 is 5.73 Å². The van der Waals surface area contributed by atoms with Gasteiger partial charge in [0.15, 0.2) is 0 Å². The van der Waals surface area contributed by atoms with Crippen molar-refractivity contribution in [3.05, 3.63) is 33.3 Å². The molecule has 1 aromatic rings. The molecule has 2 heteroatoms. The van der Waals surface area contributed by atoms with Crippen LogP contribution in [0.15, 0.2) is 16.6 Å². The minimum absolute atomic E-state index is 0.245. The van der Waals surface area contributed by atoms with E-state index in [9.17, 15) is 0 Å². The maximum absolute atomic E-state index is 6.49. The topological polar surface area (TPSA) is 26.0 Å². The van der Waals surface area contributed by atoms with Crippen molar-refractivity contribution < 1.29 is 0 Å². The van der Waals surface area contributed by atoms with Crippen molar-refractivity contribution >= 4 is 15.9 Å². The third-order valence-electron chi connectivity index (χ3n) is 4.69. The van der Waals surface area contributed by atoms with E-state index in [-0.39, 0.29) is 6.04 Å². The fourth-order valence-corrected chi connectivity index (χ4v) is 3.93. The van der Waals surface area contributed by atoms with Gasteiger partial charge in [-0.3, -0.25) is 0 Å². The van der Waals surface area contributed by atoms with Gasteiger partial charge in [-0.05, 0) is 73.6 Å². The fraction of sp³-hybridized carbons (Fsp3) is 0.600. The van der Waals surface area contributed by atoms with Gasteiger partial charge in [-0.25, -0.2) is 0 Å². The number of aryl methyl sites for hydroxylation is 2. The maximum atomic E-state index is 6.49. The molecule has 2 N–H and O–H groups in total. The average Bonchev–Trinajstić information content (AvgIpc) is 2.90. The van der Waals surface area contributed by atoms with E-state index in [0.29, 0.717) is 0 Å². The molecule has 3 atom stereocenters. The Bertz CT molecular complexity index is 444. The molecular formula is C15H20BrN. The molecule has 0 amide bonds. The molecule has 0 saturated heterocycles. The molecule has 0 spiro atoms. The van der Waals surface area contributed by atoms with E-state index in [0.717, 1.165) is 17.8 Å². The molecule has 2 fully saturated rings. The lowest BCUT2D eigenvalue weighted by Gasteiger charge is -2.23. The monoisotopic (exact) mass is 293 g/mol. The normalized spacial score (nSPS) is 32.4. The Kier molecular flexibility index (Phi) is 2.83. The van der Waals surface area contributed by atoms with E-state index in [1.165, 1.54) is 40.4 Å². The van der Waals surface area contributed by atoms with Gasteiger partial charge in [0.1, 0.15) is 0 Å². The van der Waals surface area contributed by atoms with Crippen molar-refractivity contribution in [1.82, 2.24) is 0 Å². The van der Waals surface area contributed by atoms with Crippen molar-refractivity contribution in [2.75, 3.05) is 0 Å². The van der Waals surface area contributed by atoms with E-state index in [4.69, 9.17) is 5.73 Å². The summed E-state index contributed by atoms with van der Waals surface area (Å²) in [5.41, 5.74) is 10.5. The average molecular weight is 294 g/mol. The zero-order valence-electron chi connectivity index (χ0n) is 10.5. The number of fused-ring (bicyclic) bond motifs is 1. The Hall–Kier alpha value is -0.340. The van der Waals surface area contributed by atoms with Crippen LogP contribution in [-0.2, 0) is 0 Å². The highest BCUT2D eigenvalue weighted by Gasteiger charge is 2.47. The quantitative estimate of drug-likeness (QED) is 0.872. The molecule has 2 aliphatic carbocycles. The summed E-state index contributed by atoms with van der Waals surface area (Å²) < 4.78 is 1.19. The Balaban J connectivity index is 1.85. The van der Waals surface area contributed by atoms with Gasteiger partial charge >= 0.3 is 0 Å². The summed E-state index contributed by atoms with van der Waals surface area (Å²) in [6.45, 7) is 4.32. The van der Waals surface area contributed by atoms with E-state index < -0.39 is 0 Å². The molecule has 0 aromatic heterocycles. The van der Waals surface area contributed by atoms with Gasteiger partial charge in [0.25, 0.3) is 0 Å².